The quantitative estimate of drug-likeness (QED) is 0.659. The highest BCUT2D eigenvalue weighted by Gasteiger charge is 2.16. The normalized spacial score (nSPS) is 14.9. The number of nitrogens with one attached hydrogen (secondary N) is 1. The van der Waals surface area contributed by atoms with Crippen LogP contribution in [0.15, 0.2) is 24.3 Å². The van der Waals surface area contributed by atoms with Crippen molar-refractivity contribution in [1.29, 1.82) is 0 Å². The van der Waals surface area contributed by atoms with Gasteiger partial charge in [0.25, 0.3) is 0 Å². The van der Waals surface area contributed by atoms with Gasteiger partial charge in [0.2, 0.25) is 11.8 Å². The Morgan fingerprint density at radius 3 is 2.41 bits per heavy atom. The number of ether oxygens (including phenoxy) is 1. The summed E-state index contributed by atoms with van der Waals surface area (Å²) >= 11 is 0. The molecule has 1 aromatic carbocycles. The lowest BCUT2D eigenvalue weighted by atomic mass is 10.2. The van der Waals surface area contributed by atoms with Crippen molar-refractivity contribution in [1.82, 2.24) is 10.2 Å². The van der Waals surface area contributed by atoms with E-state index in [1.54, 1.807) is 12.0 Å². The number of amides is 2. The number of piperazine rings is 1. The third-order valence-electron chi connectivity index (χ3n) is 4.82. The summed E-state index contributed by atoms with van der Waals surface area (Å²) in [4.78, 5) is 30.3. The van der Waals surface area contributed by atoms with E-state index in [9.17, 15) is 9.59 Å². The smallest absolute Gasteiger partial charge is 0.223 e. The summed E-state index contributed by atoms with van der Waals surface area (Å²) in [6, 6.07) is 8.04. The molecule has 0 saturated carbocycles. The molecule has 0 unspecified atom stereocenters. The second kappa shape index (κ2) is 10.9. The maximum absolute atomic E-state index is 12.0. The summed E-state index contributed by atoms with van der Waals surface area (Å²) in [5.74, 6) is -0.110. The second-order valence-corrected chi connectivity index (χ2v) is 6.92. The molecular weight excluding hydrogens is 344 g/mol. The van der Waals surface area contributed by atoms with Gasteiger partial charge in [-0.05, 0) is 37.7 Å². The highest BCUT2D eigenvalue weighted by atomic mass is 16.5. The Bertz CT molecular complexity index is 598. The molecule has 1 saturated heterocycles. The average molecular weight is 377 g/mol. The first-order valence-electron chi connectivity index (χ1n) is 9.58. The number of carbonyl (C=O) groups is 2. The van der Waals surface area contributed by atoms with Gasteiger partial charge in [0.1, 0.15) is 0 Å². The lowest BCUT2D eigenvalue weighted by Gasteiger charge is -2.34. The van der Waals surface area contributed by atoms with Gasteiger partial charge < -0.3 is 24.8 Å². The minimum Gasteiger partial charge on any atom is -0.385 e. The van der Waals surface area contributed by atoms with Gasteiger partial charge in [-0.15, -0.1) is 0 Å². The summed E-state index contributed by atoms with van der Waals surface area (Å²) in [6.45, 7) is 7.25. The van der Waals surface area contributed by atoms with Crippen molar-refractivity contribution >= 4 is 23.2 Å². The van der Waals surface area contributed by atoms with Crippen LogP contribution in [0.1, 0.15) is 19.8 Å². The Labute approximate surface area is 162 Å². The zero-order valence-electron chi connectivity index (χ0n) is 16.7. The molecule has 0 radical (unpaired) electrons. The fourth-order valence-electron chi connectivity index (χ4n) is 3.12. The van der Waals surface area contributed by atoms with E-state index in [1.165, 1.54) is 12.6 Å². The maximum Gasteiger partial charge on any atom is 0.223 e. The molecule has 1 aliphatic rings. The van der Waals surface area contributed by atoms with Crippen LogP contribution in [-0.4, -0.2) is 76.7 Å². The third-order valence-corrected chi connectivity index (χ3v) is 4.82. The second-order valence-electron chi connectivity index (χ2n) is 6.92. The predicted octanol–water partition coefficient (Wildman–Crippen LogP) is 1.33. The average Bonchev–Trinajstić information content (AvgIpc) is 2.66. The lowest BCUT2D eigenvalue weighted by Crippen LogP contribution is -2.44. The Morgan fingerprint density at radius 1 is 1.15 bits per heavy atom. The molecule has 1 fully saturated rings. The molecule has 0 atom stereocenters. The fourth-order valence-corrected chi connectivity index (χ4v) is 3.12. The number of likely N-dealkylation sites (N-methyl/N-ethyl adjacent to an activating group) is 1. The van der Waals surface area contributed by atoms with Gasteiger partial charge in [-0.25, -0.2) is 0 Å². The van der Waals surface area contributed by atoms with Crippen LogP contribution in [0.5, 0.6) is 0 Å². The van der Waals surface area contributed by atoms with Crippen LogP contribution in [-0.2, 0) is 14.3 Å². The van der Waals surface area contributed by atoms with E-state index < -0.39 is 0 Å². The van der Waals surface area contributed by atoms with Crippen LogP contribution < -0.4 is 15.1 Å². The van der Waals surface area contributed by atoms with Gasteiger partial charge in [-0.2, -0.15) is 0 Å². The van der Waals surface area contributed by atoms with E-state index in [0.717, 1.165) is 38.3 Å². The van der Waals surface area contributed by atoms with Crippen molar-refractivity contribution in [3.8, 4) is 0 Å². The van der Waals surface area contributed by atoms with Crippen molar-refractivity contribution in [2.24, 2.45) is 0 Å². The summed E-state index contributed by atoms with van der Waals surface area (Å²) in [5, 5.41) is 2.85. The van der Waals surface area contributed by atoms with Crippen molar-refractivity contribution in [2.75, 3.05) is 69.8 Å². The highest BCUT2D eigenvalue weighted by Crippen LogP contribution is 2.22. The van der Waals surface area contributed by atoms with Gasteiger partial charge in [-0.1, -0.05) is 0 Å². The first-order valence-corrected chi connectivity index (χ1v) is 9.58. The number of methoxy groups -OCH3 is 1. The standard InChI is InChI=1S/C20H32N4O3/c1-17(25)24(11-9-20(26)21-10-4-16-27-3)19-7-5-18(6-8-19)23-14-12-22(2)13-15-23/h5-8H,4,9-16H2,1-3H3,(H,21,26). The van der Waals surface area contributed by atoms with E-state index in [-0.39, 0.29) is 18.2 Å². The first-order chi connectivity index (χ1) is 13.0. The molecule has 0 spiro atoms. The number of benzene rings is 1. The number of nitrogens with zero attached hydrogens (tertiary/aromatic N) is 3. The Balaban J connectivity index is 1.88. The molecule has 2 amide bonds. The van der Waals surface area contributed by atoms with E-state index in [1.807, 2.05) is 12.1 Å². The molecule has 1 aromatic rings. The Hall–Kier alpha value is -2.12. The van der Waals surface area contributed by atoms with Crippen LogP contribution in [0.2, 0.25) is 0 Å². The summed E-state index contributed by atoms with van der Waals surface area (Å²) in [7, 11) is 3.78. The molecule has 7 heteroatoms. The molecule has 1 aliphatic heterocycles. The van der Waals surface area contributed by atoms with E-state index in [0.29, 0.717) is 19.7 Å². The molecule has 27 heavy (non-hydrogen) atoms. The number of anilines is 2. The molecule has 150 valence electrons. The van der Waals surface area contributed by atoms with Crippen LogP contribution in [0, 0.1) is 0 Å². The topological polar surface area (TPSA) is 65.1 Å². The molecule has 0 bridgehead atoms. The fraction of sp³-hybridized carbons (Fsp3) is 0.600. The number of carbonyl (C=O) groups excluding carboxylic acids is 2. The van der Waals surface area contributed by atoms with E-state index in [2.05, 4.69) is 34.3 Å². The zero-order valence-corrected chi connectivity index (χ0v) is 16.7. The predicted molar refractivity (Wildman–Crippen MR) is 108 cm³/mol. The lowest BCUT2D eigenvalue weighted by molar-refractivity contribution is -0.121. The van der Waals surface area contributed by atoms with Gasteiger partial charge in [-0.3, -0.25) is 9.59 Å². The number of rotatable bonds is 9. The van der Waals surface area contributed by atoms with Gasteiger partial charge in [0, 0.05) is 77.7 Å². The van der Waals surface area contributed by atoms with Gasteiger partial charge in [0.05, 0.1) is 0 Å². The monoisotopic (exact) mass is 376 g/mol. The SMILES string of the molecule is COCCCNC(=O)CCN(C(C)=O)c1ccc(N2CCN(C)CC2)cc1. The van der Waals surface area contributed by atoms with Crippen molar-refractivity contribution in [3.05, 3.63) is 24.3 Å². The summed E-state index contributed by atoms with van der Waals surface area (Å²) in [6.07, 6.45) is 1.07. The molecule has 1 heterocycles. The van der Waals surface area contributed by atoms with Crippen molar-refractivity contribution < 1.29 is 14.3 Å². The van der Waals surface area contributed by atoms with E-state index in [4.69, 9.17) is 4.74 Å². The first kappa shape index (κ1) is 21.2. The minimum atomic E-state index is -0.0606. The summed E-state index contributed by atoms with van der Waals surface area (Å²) < 4.78 is 4.96. The number of hydrogen-bond acceptors (Lipinski definition) is 5. The third kappa shape index (κ3) is 6.84. The van der Waals surface area contributed by atoms with Gasteiger partial charge >= 0.3 is 0 Å². The van der Waals surface area contributed by atoms with Crippen LogP contribution in [0.25, 0.3) is 0 Å². The van der Waals surface area contributed by atoms with Crippen LogP contribution in [0.3, 0.4) is 0 Å². The largest absolute Gasteiger partial charge is 0.385 e. The van der Waals surface area contributed by atoms with Crippen molar-refractivity contribution in [3.63, 3.8) is 0 Å². The molecule has 2 rings (SSSR count). The minimum absolute atomic E-state index is 0.0496. The Kier molecular flexibility index (Phi) is 8.54. The maximum atomic E-state index is 12.0. The van der Waals surface area contributed by atoms with Crippen molar-refractivity contribution in [2.45, 2.75) is 19.8 Å². The molecule has 1 N–H and O–H groups in total. The van der Waals surface area contributed by atoms with Crippen LogP contribution >= 0.6 is 0 Å². The molecular formula is C20H32N4O3. The zero-order chi connectivity index (χ0) is 19.6. The number of hydrogen-bond donors (Lipinski definition) is 1. The highest BCUT2D eigenvalue weighted by molar-refractivity contribution is 5.92. The summed E-state index contributed by atoms with van der Waals surface area (Å²) in [5.41, 5.74) is 2.00. The van der Waals surface area contributed by atoms with Crippen LogP contribution in [0.4, 0.5) is 11.4 Å². The van der Waals surface area contributed by atoms with Gasteiger partial charge in [0.15, 0.2) is 0 Å². The molecule has 7 nitrogen and oxygen atoms in total. The Morgan fingerprint density at radius 2 is 1.81 bits per heavy atom. The molecule has 0 aliphatic carbocycles. The van der Waals surface area contributed by atoms with E-state index >= 15 is 0 Å². The molecule has 0 aromatic heterocycles.